The lowest BCUT2D eigenvalue weighted by atomic mass is 10.1. The highest BCUT2D eigenvalue weighted by Gasteiger charge is 2.02. The zero-order valence-corrected chi connectivity index (χ0v) is 11.7. The van der Waals surface area contributed by atoms with Gasteiger partial charge in [0.25, 0.3) is 5.91 Å². The van der Waals surface area contributed by atoms with Crippen LogP contribution in [0.4, 0.5) is 0 Å². The summed E-state index contributed by atoms with van der Waals surface area (Å²) in [6.07, 6.45) is 5.05. The van der Waals surface area contributed by atoms with Gasteiger partial charge in [-0.3, -0.25) is 4.79 Å². The van der Waals surface area contributed by atoms with Gasteiger partial charge in [-0.15, -0.1) is 0 Å². The van der Waals surface area contributed by atoms with Crippen LogP contribution in [-0.4, -0.2) is 12.5 Å². The third-order valence-corrected chi connectivity index (χ3v) is 2.98. The van der Waals surface area contributed by atoms with Crippen molar-refractivity contribution in [3.8, 4) is 0 Å². The molecular weight excluding hydrogens is 246 g/mol. The number of hydrogen-bond donors (Lipinski definition) is 1. The summed E-state index contributed by atoms with van der Waals surface area (Å²) in [5.74, 6) is -0.00885. The first-order valence-corrected chi connectivity index (χ1v) is 6.91. The molecular formula is C18H19NO. The number of rotatable bonds is 5. The molecule has 0 heterocycles. The zero-order valence-electron chi connectivity index (χ0n) is 11.7. The minimum atomic E-state index is -0.00885. The largest absolute Gasteiger partial charge is 0.352 e. The summed E-state index contributed by atoms with van der Waals surface area (Å²) in [7, 11) is 0. The molecule has 1 amide bonds. The van der Waals surface area contributed by atoms with Crippen molar-refractivity contribution in [1.29, 1.82) is 0 Å². The fourth-order valence-corrected chi connectivity index (χ4v) is 1.84. The zero-order chi connectivity index (χ0) is 14.2. The molecule has 2 rings (SSSR count). The minimum absolute atomic E-state index is 0.00885. The van der Waals surface area contributed by atoms with E-state index in [-0.39, 0.29) is 5.91 Å². The van der Waals surface area contributed by atoms with Crippen LogP contribution in [0.2, 0.25) is 0 Å². The van der Waals surface area contributed by atoms with E-state index in [1.54, 1.807) is 0 Å². The first-order chi connectivity index (χ1) is 9.79. The summed E-state index contributed by atoms with van der Waals surface area (Å²) in [6, 6.07) is 17.8. The van der Waals surface area contributed by atoms with Gasteiger partial charge in [0, 0.05) is 12.1 Å². The fourth-order valence-electron chi connectivity index (χ4n) is 1.84. The van der Waals surface area contributed by atoms with Gasteiger partial charge < -0.3 is 5.32 Å². The standard InChI is InChI=1S/C18H19NO/c1-2-14-19-18(20)17-12-10-16(11-13-17)9-8-15-6-4-3-5-7-15/h3-13H,2,14H2,1H3,(H,19,20). The second-order valence-electron chi connectivity index (χ2n) is 4.62. The van der Waals surface area contributed by atoms with Gasteiger partial charge in [-0.1, -0.05) is 61.5 Å². The Labute approximate surface area is 120 Å². The van der Waals surface area contributed by atoms with Gasteiger partial charge in [-0.25, -0.2) is 0 Å². The van der Waals surface area contributed by atoms with Gasteiger partial charge in [-0.2, -0.15) is 0 Å². The van der Waals surface area contributed by atoms with E-state index in [1.165, 1.54) is 0 Å². The van der Waals surface area contributed by atoms with Crippen LogP contribution >= 0.6 is 0 Å². The molecule has 0 atom stereocenters. The maximum atomic E-state index is 11.8. The second kappa shape index (κ2) is 7.29. The average molecular weight is 265 g/mol. The average Bonchev–Trinajstić information content (AvgIpc) is 2.52. The monoisotopic (exact) mass is 265 g/mol. The van der Waals surface area contributed by atoms with Crippen LogP contribution in [0.15, 0.2) is 54.6 Å². The molecule has 2 nitrogen and oxygen atoms in total. The molecule has 0 unspecified atom stereocenters. The molecule has 0 aliphatic heterocycles. The normalized spacial score (nSPS) is 10.7. The molecule has 0 bridgehead atoms. The lowest BCUT2D eigenvalue weighted by Gasteiger charge is -2.03. The summed E-state index contributed by atoms with van der Waals surface area (Å²) >= 11 is 0. The topological polar surface area (TPSA) is 29.1 Å². The quantitative estimate of drug-likeness (QED) is 0.813. The Balaban J connectivity index is 2.01. The van der Waals surface area contributed by atoms with E-state index in [4.69, 9.17) is 0 Å². The summed E-state index contributed by atoms with van der Waals surface area (Å²) < 4.78 is 0. The lowest BCUT2D eigenvalue weighted by molar-refractivity contribution is 0.0953. The molecule has 0 saturated heterocycles. The van der Waals surface area contributed by atoms with Crippen molar-refractivity contribution in [2.24, 2.45) is 0 Å². The Kier molecular flexibility index (Phi) is 5.13. The maximum Gasteiger partial charge on any atom is 0.251 e. The van der Waals surface area contributed by atoms with Crippen molar-refractivity contribution in [2.75, 3.05) is 6.54 Å². The molecule has 0 saturated carbocycles. The van der Waals surface area contributed by atoms with E-state index >= 15 is 0 Å². The van der Waals surface area contributed by atoms with E-state index in [0.29, 0.717) is 12.1 Å². The van der Waals surface area contributed by atoms with Gasteiger partial charge in [-0.05, 0) is 29.7 Å². The molecule has 2 aromatic rings. The molecule has 0 radical (unpaired) electrons. The highest BCUT2D eigenvalue weighted by atomic mass is 16.1. The highest BCUT2D eigenvalue weighted by molar-refractivity contribution is 5.94. The number of amides is 1. The van der Waals surface area contributed by atoms with Crippen LogP contribution in [-0.2, 0) is 0 Å². The Bertz CT molecular complexity index is 570. The minimum Gasteiger partial charge on any atom is -0.352 e. The van der Waals surface area contributed by atoms with Crippen molar-refractivity contribution < 1.29 is 4.79 Å². The Morgan fingerprint density at radius 3 is 2.15 bits per heavy atom. The smallest absolute Gasteiger partial charge is 0.251 e. The molecule has 0 spiro atoms. The van der Waals surface area contributed by atoms with Gasteiger partial charge in [0.05, 0.1) is 0 Å². The van der Waals surface area contributed by atoms with Crippen LogP contribution in [0.25, 0.3) is 12.2 Å². The number of benzene rings is 2. The first-order valence-electron chi connectivity index (χ1n) is 6.91. The van der Waals surface area contributed by atoms with Crippen LogP contribution in [0, 0.1) is 0 Å². The lowest BCUT2D eigenvalue weighted by Crippen LogP contribution is -2.23. The van der Waals surface area contributed by atoms with E-state index in [1.807, 2.05) is 55.5 Å². The molecule has 2 heteroatoms. The van der Waals surface area contributed by atoms with Crippen molar-refractivity contribution in [2.45, 2.75) is 13.3 Å². The van der Waals surface area contributed by atoms with Crippen molar-refractivity contribution >= 4 is 18.1 Å². The molecule has 20 heavy (non-hydrogen) atoms. The molecule has 0 fully saturated rings. The molecule has 2 aromatic carbocycles. The molecule has 1 N–H and O–H groups in total. The number of nitrogens with one attached hydrogen (secondary N) is 1. The summed E-state index contributed by atoms with van der Waals surface area (Å²) in [4.78, 5) is 11.8. The van der Waals surface area contributed by atoms with Crippen molar-refractivity contribution in [3.63, 3.8) is 0 Å². The SMILES string of the molecule is CCCNC(=O)c1ccc(C=Cc2ccccc2)cc1. The van der Waals surface area contributed by atoms with Crippen molar-refractivity contribution in [1.82, 2.24) is 5.32 Å². The summed E-state index contributed by atoms with van der Waals surface area (Å²) in [5, 5.41) is 2.87. The predicted octanol–water partition coefficient (Wildman–Crippen LogP) is 4.00. The highest BCUT2D eigenvalue weighted by Crippen LogP contribution is 2.09. The van der Waals surface area contributed by atoms with E-state index < -0.39 is 0 Å². The first kappa shape index (κ1) is 14.1. The summed E-state index contributed by atoms with van der Waals surface area (Å²) in [5.41, 5.74) is 2.95. The van der Waals surface area contributed by atoms with E-state index in [2.05, 4.69) is 23.5 Å². The van der Waals surface area contributed by atoms with Crippen LogP contribution < -0.4 is 5.32 Å². The Morgan fingerprint density at radius 1 is 0.950 bits per heavy atom. The second-order valence-corrected chi connectivity index (χ2v) is 4.62. The van der Waals surface area contributed by atoms with Crippen LogP contribution in [0.5, 0.6) is 0 Å². The Hall–Kier alpha value is -2.35. The Morgan fingerprint density at radius 2 is 1.55 bits per heavy atom. The van der Waals surface area contributed by atoms with Gasteiger partial charge in [0.15, 0.2) is 0 Å². The molecule has 0 aliphatic rings. The van der Waals surface area contributed by atoms with Gasteiger partial charge >= 0.3 is 0 Å². The van der Waals surface area contributed by atoms with E-state index in [0.717, 1.165) is 17.5 Å². The molecule has 102 valence electrons. The van der Waals surface area contributed by atoms with E-state index in [9.17, 15) is 4.79 Å². The summed E-state index contributed by atoms with van der Waals surface area (Å²) in [6.45, 7) is 2.76. The van der Waals surface area contributed by atoms with Gasteiger partial charge in [0.1, 0.15) is 0 Å². The number of carbonyl (C=O) groups excluding carboxylic acids is 1. The predicted molar refractivity (Wildman–Crippen MR) is 84.4 cm³/mol. The fraction of sp³-hybridized carbons (Fsp3) is 0.167. The number of carbonyl (C=O) groups is 1. The number of hydrogen-bond acceptors (Lipinski definition) is 1. The van der Waals surface area contributed by atoms with Crippen molar-refractivity contribution in [3.05, 3.63) is 71.3 Å². The third-order valence-electron chi connectivity index (χ3n) is 2.98. The van der Waals surface area contributed by atoms with Gasteiger partial charge in [0.2, 0.25) is 0 Å². The van der Waals surface area contributed by atoms with Crippen LogP contribution in [0.3, 0.4) is 0 Å². The molecule has 0 aliphatic carbocycles. The third kappa shape index (κ3) is 4.09. The molecule has 0 aromatic heterocycles. The van der Waals surface area contributed by atoms with Crippen LogP contribution in [0.1, 0.15) is 34.8 Å². The maximum absolute atomic E-state index is 11.8.